The third kappa shape index (κ3) is 3.27. The maximum Gasteiger partial charge on any atom is 0.240 e. The van der Waals surface area contributed by atoms with Crippen LogP contribution in [0.15, 0.2) is 0 Å². The number of amides is 1. The van der Waals surface area contributed by atoms with Crippen molar-refractivity contribution >= 4 is 5.91 Å². The van der Waals surface area contributed by atoms with Crippen LogP contribution in [0.25, 0.3) is 0 Å². The largest absolute Gasteiger partial charge is 0.353 e. The number of rotatable bonds is 4. The zero-order valence-electron chi connectivity index (χ0n) is 12.1. The Labute approximate surface area is 116 Å². The molecule has 106 valence electrons. The van der Waals surface area contributed by atoms with E-state index in [-0.39, 0.29) is 5.91 Å². The smallest absolute Gasteiger partial charge is 0.240 e. The van der Waals surface area contributed by atoms with Gasteiger partial charge in [-0.3, -0.25) is 4.79 Å². The quantitative estimate of drug-likeness (QED) is 0.841. The Kier molecular flexibility index (Phi) is 4.46. The van der Waals surface area contributed by atoms with Crippen molar-refractivity contribution < 1.29 is 4.79 Å². The van der Waals surface area contributed by atoms with Crippen molar-refractivity contribution in [1.29, 1.82) is 5.26 Å². The van der Waals surface area contributed by atoms with Gasteiger partial charge in [-0.2, -0.15) is 5.26 Å². The predicted molar refractivity (Wildman–Crippen MR) is 74.3 cm³/mol. The first-order valence-corrected chi connectivity index (χ1v) is 7.47. The Hall–Kier alpha value is -1.08. The van der Waals surface area contributed by atoms with E-state index in [1.807, 2.05) is 0 Å². The van der Waals surface area contributed by atoms with Gasteiger partial charge in [0.15, 0.2) is 0 Å². The topological polar surface area (TPSA) is 56.1 Å². The number of hydrogen-bond donors (Lipinski definition) is 1. The lowest BCUT2D eigenvalue weighted by atomic mass is 9.63. The van der Waals surface area contributed by atoms with Crippen LogP contribution in [0.3, 0.4) is 0 Å². The molecule has 1 atom stereocenters. The van der Waals surface area contributed by atoms with Crippen LogP contribution < -0.4 is 5.32 Å². The maximum atomic E-state index is 12.1. The summed E-state index contributed by atoms with van der Waals surface area (Å²) in [5.41, 5.74) is -0.728. The molecule has 1 N–H and O–H groups in total. The number of nitrogens with zero attached hydrogens (tertiary/aromatic N) is 2. The van der Waals surface area contributed by atoms with Gasteiger partial charge >= 0.3 is 0 Å². The van der Waals surface area contributed by atoms with E-state index < -0.39 is 5.41 Å². The normalized spacial score (nSPS) is 35.2. The number of carbonyl (C=O) groups is 1. The minimum absolute atomic E-state index is 0.0573. The van der Waals surface area contributed by atoms with Gasteiger partial charge in [0.05, 0.1) is 6.07 Å². The summed E-state index contributed by atoms with van der Waals surface area (Å²) in [5.74, 6) is 1.22. The highest BCUT2D eigenvalue weighted by Crippen LogP contribution is 2.44. The predicted octanol–water partition coefficient (Wildman–Crippen LogP) is 1.77. The second-order valence-corrected chi connectivity index (χ2v) is 6.51. The number of piperidine rings is 1. The van der Waals surface area contributed by atoms with Crippen molar-refractivity contribution in [2.45, 2.75) is 39.5 Å². The molecule has 1 aliphatic carbocycles. The molecule has 1 unspecified atom stereocenters. The lowest BCUT2D eigenvalue weighted by Crippen LogP contribution is -2.50. The SMILES string of the molecule is CC1CCCN(CCNC(=O)C2(C#N)CC(C)C2)C1. The average molecular weight is 263 g/mol. The Balaban J connectivity index is 1.71. The van der Waals surface area contributed by atoms with Crippen LogP contribution in [-0.2, 0) is 4.79 Å². The average Bonchev–Trinajstić information content (AvgIpc) is 2.34. The van der Waals surface area contributed by atoms with Crippen molar-refractivity contribution in [2.75, 3.05) is 26.2 Å². The van der Waals surface area contributed by atoms with Gasteiger partial charge in [-0.1, -0.05) is 13.8 Å². The van der Waals surface area contributed by atoms with Crippen LogP contribution in [0.1, 0.15) is 39.5 Å². The second-order valence-electron chi connectivity index (χ2n) is 6.51. The van der Waals surface area contributed by atoms with Crippen LogP contribution in [0, 0.1) is 28.6 Å². The summed E-state index contributed by atoms with van der Waals surface area (Å²) >= 11 is 0. The third-order valence-corrected chi connectivity index (χ3v) is 4.50. The van der Waals surface area contributed by atoms with E-state index in [2.05, 4.69) is 30.1 Å². The van der Waals surface area contributed by atoms with E-state index >= 15 is 0 Å². The molecule has 19 heavy (non-hydrogen) atoms. The van der Waals surface area contributed by atoms with E-state index in [1.165, 1.54) is 12.8 Å². The van der Waals surface area contributed by atoms with Crippen molar-refractivity contribution in [1.82, 2.24) is 10.2 Å². The van der Waals surface area contributed by atoms with Crippen molar-refractivity contribution in [2.24, 2.45) is 17.3 Å². The first-order valence-electron chi connectivity index (χ1n) is 7.47. The van der Waals surface area contributed by atoms with Gasteiger partial charge in [0.1, 0.15) is 5.41 Å². The van der Waals surface area contributed by atoms with Crippen LogP contribution in [-0.4, -0.2) is 37.0 Å². The Morgan fingerprint density at radius 3 is 2.74 bits per heavy atom. The Bertz CT molecular complexity index is 368. The van der Waals surface area contributed by atoms with Crippen molar-refractivity contribution in [3.05, 3.63) is 0 Å². The maximum absolute atomic E-state index is 12.1. The van der Waals surface area contributed by atoms with Crippen LogP contribution >= 0.6 is 0 Å². The fraction of sp³-hybridized carbons (Fsp3) is 0.867. The summed E-state index contributed by atoms with van der Waals surface area (Å²) in [4.78, 5) is 14.5. The summed E-state index contributed by atoms with van der Waals surface area (Å²) < 4.78 is 0. The monoisotopic (exact) mass is 263 g/mol. The fourth-order valence-corrected chi connectivity index (χ4v) is 3.44. The van der Waals surface area contributed by atoms with Crippen molar-refractivity contribution in [3.8, 4) is 6.07 Å². The molecule has 0 radical (unpaired) electrons. The lowest BCUT2D eigenvalue weighted by Gasteiger charge is -2.39. The van der Waals surface area contributed by atoms with Gasteiger partial charge in [-0.05, 0) is 44.1 Å². The standard InChI is InChI=1S/C15H25N3O/c1-12-4-3-6-18(10-12)7-5-17-14(19)15(11-16)8-13(2)9-15/h12-13H,3-10H2,1-2H3,(H,17,19). The summed E-state index contributed by atoms with van der Waals surface area (Å²) in [6, 6.07) is 2.21. The van der Waals surface area contributed by atoms with Crippen molar-refractivity contribution in [3.63, 3.8) is 0 Å². The van der Waals surface area contributed by atoms with Crippen LogP contribution in [0.5, 0.6) is 0 Å². The molecule has 0 aromatic rings. The molecule has 0 spiro atoms. The van der Waals surface area contributed by atoms with Crippen LogP contribution in [0.4, 0.5) is 0 Å². The van der Waals surface area contributed by atoms with E-state index in [4.69, 9.17) is 0 Å². The van der Waals surface area contributed by atoms with Gasteiger partial charge in [0.2, 0.25) is 5.91 Å². The number of hydrogen-bond acceptors (Lipinski definition) is 3. The molecule has 4 nitrogen and oxygen atoms in total. The van der Waals surface area contributed by atoms with Gasteiger partial charge in [-0.25, -0.2) is 0 Å². The number of nitrogens with one attached hydrogen (secondary N) is 1. The summed E-state index contributed by atoms with van der Waals surface area (Å²) in [7, 11) is 0. The number of nitriles is 1. The molecule has 1 heterocycles. The minimum atomic E-state index is -0.728. The summed E-state index contributed by atoms with van der Waals surface area (Å²) in [6.45, 7) is 8.23. The molecule has 4 heteroatoms. The number of likely N-dealkylation sites (tertiary alicyclic amines) is 1. The molecule has 0 bridgehead atoms. The first kappa shape index (κ1) is 14.3. The van der Waals surface area contributed by atoms with Gasteiger partial charge in [-0.15, -0.1) is 0 Å². The summed E-state index contributed by atoms with van der Waals surface area (Å²) in [5, 5.41) is 12.1. The highest BCUT2D eigenvalue weighted by atomic mass is 16.2. The zero-order valence-corrected chi connectivity index (χ0v) is 12.1. The molecule has 2 fully saturated rings. The highest BCUT2D eigenvalue weighted by Gasteiger charge is 2.48. The molecule has 1 amide bonds. The molecule has 2 rings (SSSR count). The van der Waals surface area contributed by atoms with Crippen LogP contribution in [0.2, 0.25) is 0 Å². The van der Waals surface area contributed by atoms with Gasteiger partial charge in [0.25, 0.3) is 0 Å². The second kappa shape index (κ2) is 5.92. The Morgan fingerprint density at radius 2 is 2.16 bits per heavy atom. The van der Waals surface area contributed by atoms with E-state index in [1.54, 1.807) is 0 Å². The third-order valence-electron chi connectivity index (χ3n) is 4.50. The molecule has 1 saturated heterocycles. The first-order chi connectivity index (χ1) is 9.05. The molecule has 2 aliphatic rings. The molecule has 0 aromatic carbocycles. The fourth-order valence-electron chi connectivity index (χ4n) is 3.44. The zero-order chi connectivity index (χ0) is 13.9. The van der Waals surface area contributed by atoms with E-state index in [0.29, 0.717) is 12.5 Å². The Morgan fingerprint density at radius 1 is 1.42 bits per heavy atom. The molecular formula is C15H25N3O. The molecule has 1 aliphatic heterocycles. The number of carbonyl (C=O) groups excluding carboxylic acids is 1. The lowest BCUT2D eigenvalue weighted by molar-refractivity contribution is -0.134. The molecular weight excluding hydrogens is 238 g/mol. The summed E-state index contributed by atoms with van der Waals surface area (Å²) in [6.07, 6.45) is 4.01. The van der Waals surface area contributed by atoms with Gasteiger partial charge < -0.3 is 10.2 Å². The minimum Gasteiger partial charge on any atom is -0.353 e. The molecule has 0 aromatic heterocycles. The van der Waals surface area contributed by atoms with E-state index in [0.717, 1.165) is 38.4 Å². The molecule has 1 saturated carbocycles. The van der Waals surface area contributed by atoms with Gasteiger partial charge in [0, 0.05) is 19.6 Å². The highest BCUT2D eigenvalue weighted by molar-refractivity contribution is 5.86. The van der Waals surface area contributed by atoms with E-state index in [9.17, 15) is 10.1 Å².